The molecular formula is C14H16ClN3. The minimum absolute atomic E-state index is 0.758. The number of halogens is 1. The highest BCUT2D eigenvalue weighted by molar-refractivity contribution is 6.30. The molecule has 0 aliphatic carbocycles. The van der Waals surface area contributed by atoms with E-state index in [1.54, 1.807) is 0 Å². The highest BCUT2D eigenvalue weighted by Gasteiger charge is 1.97. The van der Waals surface area contributed by atoms with Gasteiger partial charge in [0.15, 0.2) is 0 Å². The van der Waals surface area contributed by atoms with Gasteiger partial charge in [0.25, 0.3) is 0 Å². The van der Waals surface area contributed by atoms with Crippen LogP contribution in [0.4, 0.5) is 11.4 Å². The molecule has 2 rings (SSSR count). The number of pyridine rings is 1. The summed E-state index contributed by atoms with van der Waals surface area (Å²) in [7, 11) is 0. The maximum Gasteiger partial charge on any atom is 0.0550 e. The first-order chi connectivity index (χ1) is 8.78. The van der Waals surface area contributed by atoms with Crippen LogP contribution in [0.1, 0.15) is 12.5 Å². The molecule has 18 heavy (non-hydrogen) atoms. The molecule has 0 aliphatic heterocycles. The summed E-state index contributed by atoms with van der Waals surface area (Å²) < 4.78 is 0. The smallest absolute Gasteiger partial charge is 0.0550 e. The molecule has 1 aromatic heterocycles. The Hall–Kier alpha value is -1.74. The van der Waals surface area contributed by atoms with Gasteiger partial charge in [0.05, 0.1) is 23.8 Å². The minimum atomic E-state index is 0.758. The molecule has 1 aromatic carbocycles. The molecular weight excluding hydrogens is 246 g/mol. The molecule has 0 atom stereocenters. The molecule has 4 heteroatoms. The lowest BCUT2D eigenvalue weighted by molar-refractivity contribution is 1.13. The van der Waals surface area contributed by atoms with E-state index in [2.05, 4.69) is 22.5 Å². The molecule has 0 bridgehead atoms. The van der Waals surface area contributed by atoms with Gasteiger partial charge in [-0.2, -0.15) is 0 Å². The Morgan fingerprint density at radius 1 is 1.06 bits per heavy atom. The molecule has 94 valence electrons. The summed E-state index contributed by atoms with van der Waals surface area (Å²) in [6, 6.07) is 9.86. The molecule has 0 saturated heterocycles. The van der Waals surface area contributed by atoms with Crippen LogP contribution in [0.15, 0.2) is 42.7 Å². The molecule has 1 heterocycles. The van der Waals surface area contributed by atoms with Gasteiger partial charge in [0.1, 0.15) is 0 Å². The van der Waals surface area contributed by atoms with Crippen LogP contribution >= 0.6 is 11.6 Å². The predicted molar refractivity (Wildman–Crippen MR) is 77.2 cm³/mol. The molecule has 2 aromatic rings. The quantitative estimate of drug-likeness (QED) is 0.860. The lowest BCUT2D eigenvalue weighted by Crippen LogP contribution is -2.02. The fraction of sp³-hybridized carbons (Fsp3) is 0.214. The van der Waals surface area contributed by atoms with Crippen LogP contribution in [0, 0.1) is 0 Å². The van der Waals surface area contributed by atoms with Crippen LogP contribution in [-0.2, 0) is 6.54 Å². The van der Waals surface area contributed by atoms with Crippen molar-refractivity contribution in [2.24, 2.45) is 0 Å². The molecule has 0 fully saturated rings. The third kappa shape index (κ3) is 3.64. The van der Waals surface area contributed by atoms with Crippen LogP contribution in [0.3, 0.4) is 0 Å². The molecule has 0 aliphatic rings. The van der Waals surface area contributed by atoms with Crippen molar-refractivity contribution in [3.63, 3.8) is 0 Å². The zero-order valence-corrected chi connectivity index (χ0v) is 11.0. The van der Waals surface area contributed by atoms with E-state index < -0.39 is 0 Å². The topological polar surface area (TPSA) is 37.0 Å². The van der Waals surface area contributed by atoms with E-state index in [9.17, 15) is 0 Å². The van der Waals surface area contributed by atoms with Gasteiger partial charge in [-0.3, -0.25) is 4.98 Å². The average molecular weight is 262 g/mol. The lowest BCUT2D eigenvalue weighted by Gasteiger charge is -2.08. The molecule has 0 radical (unpaired) electrons. The summed E-state index contributed by atoms with van der Waals surface area (Å²) in [6.07, 6.45) is 3.63. The maximum atomic E-state index is 5.85. The second-order valence-electron chi connectivity index (χ2n) is 3.97. The molecule has 2 N–H and O–H groups in total. The van der Waals surface area contributed by atoms with Gasteiger partial charge in [-0.1, -0.05) is 23.7 Å². The number of rotatable bonds is 5. The van der Waals surface area contributed by atoms with Crippen LogP contribution in [-0.4, -0.2) is 11.5 Å². The molecule has 0 unspecified atom stereocenters. The molecule has 0 amide bonds. The Bertz CT molecular complexity index is 497. The second-order valence-corrected chi connectivity index (χ2v) is 4.41. The molecule has 0 saturated carbocycles. The van der Waals surface area contributed by atoms with E-state index in [0.29, 0.717) is 0 Å². The molecule has 0 spiro atoms. The Labute approximate surface area is 112 Å². The SMILES string of the molecule is CCNc1cncc(NCc2ccc(Cl)cc2)c1. The van der Waals surface area contributed by atoms with E-state index in [4.69, 9.17) is 11.6 Å². The minimum Gasteiger partial charge on any atom is -0.384 e. The van der Waals surface area contributed by atoms with Gasteiger partial charge in [0.2, 0.25) is 0 Å². The van der Waals surface area contributed by atoms with Crippen molar-refractivity contribution in [3.8, 4) is 0 Å². The van der Waals surface area contributed by atoms with E-state index >= 15 is 0 Å². The van der Waals surface area contributed by atoms with Gasteiger partial charge in [-0.25, -0.2) is 0 Å². The average Bonchev–Trinajstić information content (AvgIpc) is 2.39. The van der Waals surface area contributed by atoms with Crippen molar-refractivity contribution in [2.45, 2.75) is 13.5 Å². The lowest BCUT2D eigenvalue weighted by atomic mass is 10.2. The largest absolute Gasteiger partial charge is 0.384 e. The van der Waals surface area contributed by atoms with Crippen LogP contribution < -0.4 is 10.6 Å². The summed E-state index contributed by atoms with van der Waals surface area (Å²) >= 11 is 5.85. The van der Waals surface area contributed by atoms with Crippen LogP contribution in [0.25, 0.3) is 0 Å². The first kappa shape index (κ1) is 12.7. The van der Waals surface area contributed by atoms with Crippen molar-refractivity contribution >= 4 is 23.0 Å². The Balaban J connectivity index is 1.97. The van der Waals surface area contributed by atoms with Crippen molar-refractivity contribution < 1.29 is 0 Å². The van der Waals surface area contributed by atoms with Gasteiger partial charge < -0.3 is 10.6 Å². The van der Waals surface area contributed by atoms with Crippen molar-refractivity contribution in [1.82, 2.24) is 4.98 Å². The zero-order chi connectivity index (χ0) is 12.8. The van der Waals surface area contributed by atoms with Gasteiger partial charge in [0, 0.05) is 18.1 Å². The number of nitrogens with zero attached hydrogens (tertiary/aromatic N) is 1. The first-order valence-corrected chi connectivity index (χ1v) is 6.33. The fourth-order valence-corrected chi connectivity index (χ4v) is 1.77. The van der Waals surface area contributed by atoms with Gasteiger partial charge in [-0.05, 0) is 30.7 Å². The third-order valence-electron chi connectivity index (χ3n) is 2.53. The number of anilines is 2. The van der Waals surface area contributed by atoms with Crippen molar-refractivity contribution in [3.05, 3.63) is 53.3 Å². The highest BCUT2D eigenvalue weighted by atomic mass is 35.5. The summed E-state index contributed by atoms with van der Waals surface area (Å²) in [6.45, 7) is 3.71. The summed E-state index contributed by atoms with van der Waals surface area (Å²) in [5, 5.41) is 7.33. The first-order valence-electron chi connectivity index (χ1n) is 5.95. The fourth-order valence-electron chi connectivity index (χ4n) is 1.64. The Kier molecular flexibility index (Phi) is 4.42. The second kappa shape index (κ2) is 6.26. The highest BCUT2D eigenvalue weighted by Crippen LogP contribution is 2.15. The Morgan fingerprint density at radius 3 is 2.39 bits per heavy atom. The number of aromatic nitrogens is 1. The van der Waals surface area contributed by atoms with Gasteiger partial charge in [-0.15, -0.1) is 0 Å². The number of hydrogen-bond donors (Lipinski definition) is 2. The van der Waals surface area contributed by atoms with E-state index in [1.165, 1.54) is 5.56 Å². The monoisotopic (exact) mass is 261 g/mol. The van der Waals surface area contributed by atoms with Crippen molar-refractivity contribution in [2.75, 3.05) is 17.2 Å². The number of nitrogens with one attached hydrogen (secondary N) is 2. The summed E-state index contributed by atoms with van der Waals surface area (Å²) in [5.41, 5.74) is 3.22. The maximum absolute atomic E-state index is 5.85. The Morgan fingerprint density at radius 2 is 1.72 bits per heavy atom. The van der Waals surface area contributed by atoms with E-state index in [-0.39, 0.29) is 0 Å². The van der Waals surface area contributed by atoms with E-state index in [1.807, 2.05) is 42.7 Å². The standard InChI is InChI=1S/C14H16ClN3/c1-2-17-13-7-14(10-16-9-13)18-8-11-3-5-12(15)6-4-11/h3-7,9-10,17-18H,2,8H2,1H3. The zero-order valence-electron chi connectivity index (χ0n) is 10.3. The van der Waals surface area contributed by atoms with E-state index in [0.717, 1.165) is 29.5 Å². The summed E-state index contributed by atoms with van der Waals surface area (Å²) in [4.78, 5) is 4.18. The van der Waals surface area contributed by atoms with Crippen LogP contribution in [0.5, 0.6) is 0 Å². The van der Waals surface area contributed by atoms with Gasteiger partial charge >= 0.3 is 0 Å². The normalized spacial score (nSPS) is 10.1. The summed E-state index contributed by atoms with van der Waals surface area (Å²) in [5.74, 6) is 0. The predicted octanol–water partition coefficient (Wildman–Crippen LogP) is 3.78. The number of hydrogen-bond acceptors (Lipinski definition) is 3. The number of benzene rings is 1. The molecule has 3 nitrogen and oxygen atoms in total. The third-order valence-corrected chi connectivity index (χ3v) is 2.78. The van der Waals surface area contributed by atoms with Crippen molar-refractivity contribution in [1.29, 1.82) is 0 Å². The van der Waals surface area contributed by atoms with Crippen LogP contribution in [0.2, 0.25) is 5.02 Å².